The van der Waals surface area contributed by atoms with E-state index in [0.717, 1.165) is 24.4 Å². The smallest absolute Gasteiger partial charge is 0.307 e. The van der Waals surface area contributed by atoms with Crippen molar-refractivity contribution in [3.05, 3.63) is 65.2 Å². The summed E-state index contributed by atoms with van der Waals surface area (Å²) in [4.78, 5) is 15.1. The number of para-hydroxylation sites is 1. The van der Waals surface area contributed by atoms with E-state index in [1.807, 2.05) is 30.3 Å². The first-order chi connectivity index (χ1) is 15.5. The third-order valence-corrected chi connectivity index (χ3v) is 6.29. The Kier molecular flexibility index (Phi) is 9.16. The maximum atomic E-state index is 12.7. The highest BCUT2D eigenvalue weighted by Crippen LogP contribution is 2.35. The van der Waals surface area contributed by atoms with Gasteiger partial charge in [-0.3, -0.25) is 9.69 Å². The van der Waals surface area contributed by atoms with E-state index >= 15 is 0 Å². The van der Waals surface area contributed by atoms with Gasteiger partial charge < -0.3 is 9.47 Å². The molecule has 32 heavy (non-hydrogen) atoms. The van der Waals surface area contributed by atoms with Crippen molar-refractivity contribution in [3.63, 3.8) is 0 Å². The highest BCUT2D eigenvalue weighted by Gasteiger charge is 2.26. The Morgan fingerprint density at radius 3 is 2.09 bits per heavy atom. The van der Waals surface area contributed by atoms with Crippen LogP contribution in [-0.2, 0) is 16.1 Å². The summed E-state index contributed by atoms with van der Waals surface area (Å²) in [5, 5.41) is 0. The zero-order valence-electron chi connectivity index (χ0n) is 20.2. The van der Waals surface area contributed by atoms with Crippen LogP contribution in [0.25, 0.3) is 0 Å². The van der Waals surface area contributed by atoms with Crippen molar-refractivity contribution in [2.75, 3.05) is 19.7 Å². The number of hydrogen-bond acceptors (Lipinski definition) is 4. The maximum Gasteiger partial charge on any atom is 0.307 e. The fraction of sp³-hybridized carbons (Fsp3) is 0.536. The average molecular weight is 438 g/mol. The molecular formula is C28H39NO3. The highest BCUT2D eigenvalue weighted by molar-refractivity contribution is 5.70. The predicted octanol–water partition coefficient (Wildman–Crippen LogP) is 6.30. The number of rotatable bonds is 10. The molecule has 0 spiro atoms. The van der Waals surface area contributed by atoms with Crippen molar-refractivity contribution in [2.45, 2.75) is 77.9 Å². The van der Waals surface area contributed by atoms with Gasteiger partial charge in [0.1, 0.15) is 19.0 Å². The summed E-state index contributed by atoms with van der Waals surface area (Å²) in [5.41, 5.74) is 3.49. The minimum absolute atomic E-state index is 0.0267. The molecule has 3 rings (SSSR count). The molecule has 0 aromatic heterocycles. The predicted molar refractivity (Wildman–Crippen MR) is 130 cm³/mol. The molecule has 1 aliphatic rings. The number of nitrogens with zero attached hydrogens (tertiary/aromatic N) is 1. The summed E-state index contributed by atoms with van der Waals surface area (Å²) in [6, 6.07) is 16.3. The molecule has 1 heterocycles. The van der Waals surface area contributed by atoms with Gasteiger partial charge in [0.25, 0.3) is 0 Å². The van der Waals surface area contributed by atoms with Gasteiger partial charge in [0.05, 0.1) is 12.5 Å². The highest BCUT2D eigenvalue weighted by atomic mass is 16.5. The molecule has 0 amide bonds. The van der Waals surface area contributed by atoms with Crippen molar-refractivity contribution in [1.82, 2.24) is 4.90 Å². The fourth-order valence-electron chi connectivity index (χ4n) is 4.40. The molecule has 0 aliphatic carbocycles. The van der Waals surface area contributed by atoms with Crippen molar-refractivity contribution in [2.24, 2.45) is 0 Å². The molecule has 4 heteroatoms. The van der Waals surface area contributed by atoms with Crippen molar-refractivity contribution in [1.29, 1.82) is 0 Å². The van der Waals surface area contributed by atoms with Crippen LogP contribution < -0.4 is 4.74 Å². The molecule has 1 saturated heterocycles. The van der Waals surface area contributed by atoms with E-state index in [9.17, 15) is 4.79 Å². The van der Waals surface area contributed by atoms with E-state index in [1.54, 1.807) is 0 Å². The van der Waals surface area contributed by atoms with Gasteiger partial charge in [0.2, 0.25) is 0 Å². The summed E-state index contributed by atoms with van der Waals surface area (Å²) in [6.07, 6.45) is 3.97. The van der Waals surface area contributed by atoms with Gasteiger partial charge >= 0.3 is 5.97 Å². The van der Waals surface area contributed by atoms with Gasteiger partial charge in [-0.2, -0.15) is 0 Å². The standard InChI is InChI=1S/C28H39NO3/c1-21(2)25-14-11-15-26(22(3)4)28(25)32-20-24(29-16-9-6-10-17-29)18-27(30)31-19-23-12-7-5-8-13-23/h5,7-8,11-15,21-22,24H,6,9-10,16-20H2,1-4H3. The number of likely N-dealkylation sites (tertiary alicyclic amines) is 1. The van der Waals surface area contributed by atoms with Crippen molar-refractivity contribution < 1.29 is 14.3 Å². The van der Waals surface area contributed by atoms with E-state index in [1.165, 1.54) is 30.4 Å². The Labute approximate surface area is 193 Å². The molecule has 0 N–H and O–H groups in total. The molecule has 4 nitrogen and oxygen atoms in total. The molecule has 2 aromatic carbocycles. The number of carbonyl (C=O) groups is 1. The number of benzene rings is 2. The molecule has 1 unspecified atom stereocenters. The van der Waals surface area contributed by atoms with Gasteiger partial charge in [-0.25, -0.2) is 0 Å². The summed E-state index contributed by atoms with van der Waals surface area (Å²) in [5.74, 6) is 1.60. The van der Waals surface area contributed by atoms with Crippen LogP contribution in [0.15, 0.2) is 48.5 Å². The Hall–Kier alpha value is -2.33. The average Bonchev–Trinajstić information content (AvgIpc) is 2.81. The van der Waals surface area contributed by atoms with Gasteiger partial charge in [-0.15, -0.1) is 0 Å². The lowest BCUT2D eigenvalue weighted by atomic mass is 9.94. The minimum Gasteiger partial charge on any atom is -0.491 e. The third kappa shape index (κ3) is 6.83. The normalized spacial score (nSPS) is 15.7. The summed E-state index contributed by atoms with van der Waals surface area (Å²) in [7, 11) is 0. The number of esters is 1. The van der Waals surface area contributed by atoms with Crippen LogP contribution in [-0.4, -0.2) is 36.6 Å². The van der Waals surface area contributed by atoms with Crippen LogP contribution in [0, 0.1) is 0 Å². The topological polar surface area (TPSA) is 38.8 Å². The van der Waals surface area contributed by atoms with E-state index in [4.69, 9.17) is 9.47 Å². The maximum absolute atomic E-state index is 12.7. The van der Waals surface area contributed by atoms with Crippen LogP contribution >= 0.6 is 0 Å². The van der Waals surface area contributed by atoms with Crippen molar-refractivity contribution in [3.8, 4) is 5.75 Å². The van der Waals surface area contributed by atoms with E-state index in [2.05, 4.69) is 50.8 Å². The largest absolute Gasteiger partial charge is 0.491 e. The van der Waals surface area contributed by atoms with Crippen LogP contribution in [0.3, 0.4) is 0 Å². The Morgan fingerprint density at radius 1 is 0.875 bits per heavy atom. The Bertz CT molecular complexity index is 815. The molecule has 0 saturated carbocycles. The van der Waals surface area contributed by atoms with Gasteiger partial charge in [-0.05, 0) is 54.5 Å². The molecule has 1 atom stereocenters. The first kappa shape index (κ1) is 24.3. The second-order valence-electron chi connectivity index (χ2n) is 9.49. The first-order valence-corrected chi connectivity index (χ1v) is 12.1. The van der Waals surface area contributed by atoms with Crippen LogP contribution in [0.1, 0.15) is 81.9 Å². The molecule has 2 aromatic rings. The van der Waals surface area contributed by atoms with Crippen molar-refractivity contribution >= 4 is 5.97 Å². The minimum atomic E-state index is -0.158. The van der Waals surface area contributed by atoms with Crippen LogP contribution in [0.4, 0.5) is 0 Å². The molecule has 0 radical (unpaired) electrons. The van der Waals surface area contributed by atoms with E-state index in [0.29, 0.717) is 31.5 Å². The summed E-state index contributed by atoms with van der Waals surface area (Å²) >= 11 is 0. The first-order valence-electron chi connectivity index (χ1n) is 12.1. The zero-order valence-corrected chi connectivity index (χ0v) is 20.2. The molecule has 174 valence electrons. The fourth-order valence-corrected chi connectivity index (χ4v) is 4.40. The van der Waals surface area contributed by atoms with E-state index in [-0.39, 0.29) is 12.0 Å². The van der Waals surface area contributed by atoms with Crippen LogP contribution in [0.2, 0.25) is 0 Å². The van der Waals surface area contributed by atoms with Crippen LogP contribution in [0.5, 0.6) is 5.75 Å². The van der Waals surface area contributed by atoms with Gasteiger partial charge in [-0.1, -0.05) is 82.6 Å². The second-order valence-corrected chi connectivity index (χ2v) is 9.49. The van der Waals surface area contributed by atoms with Gasteiger partial charge in [0, 0.05) is 0 Å². The number of carbonyl (C=O) groups excluding carboxylic acids is 1. The van der Waals surface area contributed by atoms with E-state index < -0.39 is 0 Å². The number of ether oxygens (including phenoxy) is 2. The Morgan fingerprint density at radius 2 is 1.50 bits per heavy atom. The lowest BCUT2D eigenvalue weighted by Gasteiger charge is -2.34. The zero-order chi connectivity index (χ0) is 22.9. The summed E-state index contributed by atoms with van der Waals surface area (Å²) < 4.78 is 12.1. The molecule has 0 bridgehead atoms. The molecule has 1 fully saturated rings. The summed E-state index contributed by atoms with van der Waals surface area (Å²) in [6.45, 7) is 11.7. The Balaban J connectivity index is 1.70. The monoisotopic (exact) mass is 437 g/mol. The quantitative estimate of drug-likeness (QED) is 0.409. The molecular weight excluding hydrogens is 398 g/mol. The third-order valence-electron chi connectivity index (χ3n) is 6.29. The SMILES string of the molecule is CC(C)c1cccc(C(C)C)c1OCC(CC(=O)OCc1ccccc1)N1CCCCC1. The lowest BCUT2D eigenvalue weighted by molar-refractivity contribution is -0.146. The van der Waals surface area contributed by atoms with Gasteiger partial charge in [0.15, 0.2) is 0 Å². The molecule has 1 aliphatic heterocycles. The number of hydrogen-bond donors (Lipinski definition) is 0. The number of piperidine rings is 1. The lowest BCUT2D eigenvalue weighted by Crippen LogP contribution is -2.44. The second kappa shape index (κ2) is 12.1.